The first kappa shape index (κ1) is 96.1. The van der Waals surface area contributed by atoms with Gasteiger partial charge in [0.2, 0.25) is 0 Å². The minimum Gasteiger partial charge on any atom is -0.462 e. The monoisotopic (exact) mass is 1440 g/mol. The van der Waals surface area contributed by atoms with Crippen molar-refractivity contribution in [1.29, 1.82) is 0 Å². The van der Waals surface area contributed by atoms with Gasteiger partial charge in [0.1, 0.15) is 19.3 Å². The van der Waals surface area contributed by atoms with Gasteiger partial charge in [-0.2, -0.15) is 0 Å². The van der Waals surface area contributed by atoms with Crippen LogP contribution < -0.4 is 0 Å². The minimum absolute atomic E-state index is 0.109. The highest BCUT2D eigenvalue weighted by atomic mass is 31.2. The Morgan fingerprint density at radius 2 is 0.469 bits per heavy atom. The zero-order valence-corrected chi connectivity index (χ0v) is 65.7. The van der Waals surface area contributed by atoms with Crippen LogP contribution in [0.5, 0.6) is 0 Å². The van der Waals surface area contributed by atoms with Gasteiger partial charge in [-0.1, -0.05) is 369 Å². The predicted octanol–water partition coefficient (Wildman–Crippen LogP) is 23.6. The zero-order valence-electron chi connectivity index (χ0n) is 63.9. The van der Waals surface area contributed by atoms with E-state index in [0.29, 0.717) is 25.7 Å². The van der Waals surface area contributed by atoms with Crippen molar-refractivity contribution < 1.29 is 80.2 Å². The molecule has 2 unspecified atom stereocenters. The lowest BCUT2D eigenvalue weighted by molar-refractivity contribution is -0.161. The lowest BCUT2D eigenvalue weighted by atomic mass is 10.0. The van der Waals surface area contributed by atoms with E-state index in [1.165, 1.54) is 244 Å². The summed E-state index contributed by atoms with van der Waals surface area (Å²) in [7, 11) is -9.91. The van der Waals surface area contributed by atoms with Gasteiger partial charge in [-0.15, -0.1) is 0 Å². The van der Waals surface area contributed by atoms with Gasteiger partial charge in [0.25, 0.3) is 0 Å². The number of aliphatic hydroxyl groups excluding tert-OH is 1. The van der Waals surface area contributed by atoms with Crippen LogP contribution in [0, 0.1) is 5.92 Å². The average Bonchev–Trinajstić information content (AvgIpc) is 1.10. The molecule has 0 aliphatic rings. The van der Waals surface area contributed by atoms with Gasteiger partial charge in [0, 0.05) is 25.7 Å². The number of hydrogen-bond acceptors (Lipinski definition) is 15. The molecule has 17 nitrogen and oxygen atoms in total. The summed E-state index contributed by atoms with van der Waals surface area (Å²) >= 11 is 0. The Labute approximate surface area is 600 Å². The molecule has 19 heteroatoms. The quantitative estimate of drug-likeness (QED) is 0.0222. The molecule has 0 bridgehead atoms. The molecule has 582 valence electrons. The third-order valence-electron chi connectivity index (χ3n) is 18.5. The summed E-state index contributed by atoms with van der Waals surface area (Å²) in [4.78, 5) is 73.0. The number of carbonyl (C=O) groups is 4. The molecule has 0 amide bonds. The molecule has 5 atom stereocenters. The number of esters is 4. The minimum atomic E-state index is -4.96. The predicted molar refractivity (Wildman–Crippen MR) is 400 cm³/mol. The third-order valence-corrected chi connectivity index (χ3v) is 20.4. The zero-order chi connectivity index (χ0) is 71.9. The average molecular weight is 1440 g/mol. The Morgan fingerprint density at radius 1 is 0.276 bits per heavy atom. The maximum absolute atomic E-state index is 13.1. The molecule has 0 heterocycles. The highest BCUT2D eigenvalue weighted by molar-refractivity contribution is 7.47. The van der Waals surface area contributed by atoms with E-state index in [2.05, 4.69) is 34.6 Å². The summed E-state index contributed by atoms with van der Waals surface area (Å²) in [6.45, 7) is 7.35. The largest absolute Gasteiger partial charge is 0.472 e. The lowest BCUT2D eigenvalue weighted by Crippen LogP contribution is -2.30. The molecule has 0 radical (unpaired) electrons. The third kappa shape index (κ3) is 72.4. The fourth-order valence-corrected chi connectivity index (χ4v) is 13.8. The molecule has 98 heavy (non-hydrogen) atoms. The second-order valence-electron chi connectivity index (χ2n) is 28.9. The highest BCUT2D eigenvalue weighted by Gasteiger charge is 2.30. The summed E-state index contributed by atoms with van der Waals surface area (Å²) in [5.41, 5.74) is 0. The van der Waals surface area contributed by atoms with E-state index in [1.807, 2.05) is 0 Å². The van der Waals surface area contributed by atoms with Crippen LogP contribution in [0.25, 0.3) is 0 Å². The first-order valence-electron chi connectivity index (χ1n) is 41.1. The Kier molecular flexibility index (Phi) is 70.6. The summed E-state index contributed by atoms with van der Waals surface area (Å²) in [6.07, 6.45) is 62.2. The summed E-state index contributed by atoms with van der Waals surface area (Å²) < 4.78 is 68.7. The number of ether oxygens (including phenoxy) is 4. The molecular formula is C79H154O17P2. The molecular weight excluding hydrogens is 1280 g/mol. The molecule has 0 aliphatic heterocycles. The molecule has 0 fully saturated rings. The Morgan fingerprint density at radius 3 is 0.694 bits per heavy atom. The standard InChI is InChI=1S/C79H154O17P2/c1-6-9-12-15-18-21-24-26-29-34-38-43-48-53-58-63-77(82)90-69-75(96-79(84)65-60-55-50-45-40-35-31-28-30-32-37-41-46-51-56-61-72(4)5)71-94-98(87,88)92-67-73(80)66-91-97(85,86)93-70-74(68-89-76(81)62-57-52-47-42-36-23-20-17-14-11-8-3)95-78(83)64-59-54-49-44-39-33-27-25-22-19-16-13-10-7-2/h72-75,80H,6-71H2,1-5H3,(H,85,86)(H,87,88)/t73-,74+,75+/m0/s1. The summed E-state index contributed by atoms with van der Waals surface area (Å²) in [6, 6.07) is 0. The van der Waals surface area contributed by atoms with Crippen LogP contribution in [0.2, 0.25) is 0 Å². The van der Waals surface area contributed by atoms with Crippen LogP contribution in [0.15, 0.2) is 0 Å². The van der Waals surface area contributed by atoms with Crippen LogP contribution in [-0.2, 0) is 65.4 Å². The molecule has 0 saturated heterocycles. The van der Waals surface area contributed by atoms with Crippen LogP contribution in [0.3, 0.4) is 0 Å². The summed E-state index contributed by atoms with van der Waals surface area (Å²) in [5, 5.41) is 10.6. The normalized spacial score (nSPS) is 13.9. The van der Waals surface area contributed by atoms with Crippen molar-refractivity contribution in [3.63, 3.8) is 0 Å². The van der Waals surface area contributed by atoms with Gasteiger partial charge in [-0.25, -0.2) is 9.13 Å². The van der Waals surface area contributed by atoms with Crippen molar-refractivity contribution in [3.8, 4) is 0 Å². The van der Waals surface area contributed by atoms with E-state index in [9.17, 15) is 43.2 Å². The number of rotatable bonds is 79. The van der Waals surface area contributed by atoms with Gasteiger partial charge < -0.3 is 33.8 Å². The molecule has 0 rings (SSSR count). The fraction of sp³-hybridized carbons (Fsp3) is 0.949. The molecule has 3 N–H and O–H groups in total. The first-order chi connectivity index (χ1) is 47.5. The van der Waals surface area contributed by atoms with Crippen LogP contribution in [-0.4, -0.2) is 96.7 Å². The maximum Gasteiger partial charge on any atom is 0.472 e. The maximum atomic E-state index is 13.1. The van der Waals surface area contributed by atoms with Crippen molar-refractivity contribution in [3.05, 3.63) is 0 Å². The van der Waals surface area contributed by atoms with Crippen molar-refractivity contribution in [1.82, 2.24) is 0 Å². The van der Waals surface area contributed by atoms with E-state index >= 15 is 0 Å². The number of carbonyl (C=O) groups excluding carboxylic acids is 4. The van der Waals surface area contributed by atoms with Crippen molar-refractivity contribution >= 4 is 39.5 Å². The summed E-state index contributed by atoms with van der Waals surface area (Å²) in [5.74, 6) is -1.30. The van der Waals surface area contributed by atoms with Crippen molar-refractivity contribution in [2.75, 3.05) is 39.6 Å². The highest BCUT2D eigenvalue weighted by Crippen LogP contribution is 2.45. The van der Waals surface area contributed by atoms with E-state index in [-0.39, 0.29) is 25.7 Å². The van der Waals surface area contributed by atoms with E-state index < -0.39 is 97.5 Å². The second kappa shape index (κ2) is 72.0. The second-order valence-corrected chi connectivity index (χ2v) is 31.8. The number of phosphoric acid groups is 2. The number of aliphatic hydroxyl groups is 1. The number of unbranched alkanes of at least 4 members (excludes halogenated alkanes) is 51. The molecule has 0 aromatic heterocycles. The van der Waals surface area contributed by atoms with E-state index in [4.69, 9.17) is 37.0 Å². The van der Waals surface area contributed by atoms with Crippen molar-refractivity contribution in [2.24, 2.45) is 5.92 Å². The Bertz CT molecular complexity index is 1870. The lowest BCUT2D eigenvalue weighted by Gasteiger charge is -2.21. The van der Waals surface area contributed by atoms with Gasteiger partial charge >= 0.3 is 39.5 Å². The van der Waals surface area contributed by atoms with Gasteiger partial charge in [-0.3, -0.25) is 37.3 Å². The molecule has 0 saturated carbocycles. The van der Waals surface area contributed by atoms with E-state index in [1.54, 1.807) is 0 Å². The molecule has 0 aliphatic carbocycles. The Hall–Kier alpha value is -1.94. The number of phosphoric ester groups is 2. The first-order valence-corrected chi connectivity index (χ1v) is 44.1. The molecule has 0 aromatic rings. The number of hydrogen-bond donors (Lipinski definition) is 3. The topological polar surface area (TPSA) is 237 Å². The Balaban J connectivity index is 5.25. The van der Waals surface area contributed by atoms with Crippen LogP contribution >= 0.6 is 15.6 Å². The SMILES string of the molecule is CCCCCCCCCCCCCCCCCC(=O)OC[C@H](COP(=O)(O)OC[C@@H](O)COP(=O)(O)OC[C@@H](COC(=O)CCCCCCCCCCCCC)OC(=O)CCCCCCCCCCCCCCCC)OC(=O)CCCCCCCCCCCCCCCCCC(C)C. The van der Waals surface area contributed by atoms with Crippen LogP contribution in [0.1, 0.15) is 420 Å². The van der Waals surface area contributed by atoms with Gasteiger partial charge in [-0.05, 0) is 31.6 Å². The van der Waals surface area contributed by atoms with Crippen LogP contribution in [0.4, 0.5) is 0 Å². The van der Waals surface area contributed by atoms with E-state index in [0.717, 1.165) is 95.8 Å². The molecule has 0 aromatic carbocycles. The fourth-order valence-electron chi connectivity index (χ4n) is 12.2. The van der Waals surface area contributed by atoms with Crippen molar-refractivity contribution in [2.45, 2.75) is 438 Å². The molecule has 0 spiro atoms. The van der Waals surface area contributed by atoms with Gasteiger partial charge in [0.05, 0.1) is 26.4 Å². The van der Waals surface area contributed by atoms with Gasteiger partial charge in [0.15, 0.2) is 12.2 Å². The smallest absolute Gasteiger partial charge is 0.462 e.